The maximum absolute atomic E-state index is 12.7. The zero-order valence-electron chi connectivity index (χ0n) is 18.6. The number of hydrogen-bond acceptors (Lipinski definition) is 2. The number of carbonyl (C=O) groups is 1. The lowest BCUT2D eigenvalue weighted by atomic mass is 9.69. The molecule has 168 valence electrons. The van der Waals surface area contributed by atoms with Crippen molar-refractivity contribution in [3.05, 3.63) is 29.8 Å². The van der Waals surface area contributed by atoms with Crippen LogP contribution in [-0.2, 0) is 4.79 Å². The number of rotatable bonds is 4. The Labute approximate surface area is 185 Å². The molecule has 0 atom stereocenters. The summed E-state index contributed by atoms with van der Waals surface area (Å²) in [4.78, 5) is 12.7. The molecule has 3 fully saturated rings. The summed E-state index contributed by atoms with van der Waals surface area (Å²) < 4.78 is 5.77. The van der Waals surface area contributed by atoms with Gasteiger partial charge in [-0.2, -0.15) is 0 Å². The fraction of sp³-hybridized carbons (Fsp3) is 0.750. The van der Waals surface area contributed by atoms with E-state index in [4.69, 9.17) is 4.74 Å². The van der Waals surface area contributed by atoms with E-state index in [9.17, 15) is 4.79 Å². The van der Waals surface area contributed by atoms with Gasteiger partial charge in [-0.3, -0.25) is 4.79 Å². The van der Waals surface area contributed by atoms with Crippen molar-refractivity contribution in [1.82, 2.24) is 0 Å². The molecule has 0 radical (unpaired) electrons. The average molecular weight is 413 g/mol. The number of ether oxygens (including phenoxy) is 1. The molecule has 0 amide bonds. The SMILES string of the molecule is C.CC1CCC(c2ccc(OC(=O)C3CCC(C4CCC(C)CC4)CC3)cc2)CC1. The zero-order chi connectivity index (χ0) is 20.2. The summed E-state index contributed by atoms with van der Waals surface area (Å²) in [6, 6.07) is 8.40. The van der Waals surface area contributed by atoms with Crippen LogP contribution < -0.4 is 4.74 Å². The van der Waals surface area contributed by atoms with Crippen molar-refractivity contribution in [2.75, 3.05) is 0 Å². The van der Waals surface area contributed by atoms with Crippen molar-refractivity contribution in [2.45, 2.75) is 104 Å². The highest BCUT2D eigenvalue weighted by Crippen LogP contribution is 2.41. The molecule has 1 aromatic rings. The van der Waals surface area contributed by atoms with Crippen LogP contribution in [0.3, 0.4) is 0 Å². The van der Waals surface area contributed by atoms with Gasteiger partial charge in [0.15, 0.2) is 0 Å². The summed E-state index contributed by atoms with van der Waals surface area (Å²) in [5.74, 6) is 5.09. The lowest BCUT2D eigenvalue weighted by Gasteiger charge is -2.36. The molecule has 0 heterocycles. The topological polar surface area (TPSA) is 26.3 Å². The highest BCUT2D eigenvalue weighted by Gasteiger charge is 2.33. The summed E-state index contributed by atoms with van der Waals surface area (Å²) in [6.07, 6.45) is 15.4. The number of esters is 1. The second-order valence-corrected chi connectivity index (χ2v) is 10.6. The van der Waals surface area contributed by atoms with Gasteiger partial charge in [0.05, 0.1) is 5.92 Å². The molecule has 3 aliphatic rings. The van der Waals surface area contributed by atoms with Gasteiger partial charge in [0.1, 0.15) is 5.75 Å². The molecule has 3 aliphatic carbocycles. The van der Waals surface area contributed by atoms with Crippen LogP contribution in [0.1, 0.15) is 110 Å². The molecule has 1 aromatic carbocycles. The minimum absolute atomic E-state index is 0. The van der Waals surface area contributed by atoms with Gasteiger partial charge in [0, 0.05) is 0 Å². The highest BCUT2D eigenvalue weighted by atomic mass is 16.5. The Bertz CT molecular complexity index is 640. The van der Waals surface area contributed by atoms with E-state index in [0.29, 0.717) is 5.92 Å². The van der Waals surface area contributed by atoms with E-state index in [1.807, 2.05) is 12.1 Å². The van der Waals surface area contributed by atoms with Gasteiger partial charge in [-0.15, -0.1) is 0 Å². The summed E-state index contributed by atoms with van der Waals surface area (Å²) >= 11 is 0. The second kappa shape index (κ2) is 10.8. The van der Waals surface area contributed by atoms with Gasteiger partial charge in [0.2, 0.25) is 0 Å². The molecule has 0 aliphatic heterocycles. The van der Waals surface area contributed by atoms with E-state index in [1.165, 1.54) is 69.8 Å². The Morgan fingerprint density at radius 2 is 1.17 bits per heavy atom. The molecule has 2 heteroatoms. The summed E-state index contributed by atoms with van der Waals surface area (Å²) in [5.41, 5.74) is 1.42. The van der Waals surface area contributed by atoms with Crippen LogP contribution in [0.2, 0.25) is 0 Å². The van der Waals surface area contributed by atoms with E-state index in [0.717, 1.165) is 42.3 Å². The fourth-order valence-corrected chi connectivity index (χ4v) is 6.18. The first-order chi connectivity index (χ1) is 14.1. The van der Waals surface area contributed by atoms with E-state index < -0.39 is 0 Å². The predicted octanol–water partition coefficient (Wildman–Crippen LogP) is 8.15. The van der Waals surface area contributed by atoms with Gasteiger partial charge in [-0.05, 0) is 98.7 Å². The van der Waals surface area contributed by atoms with Crippen molar-refractivity contribution < 1.29 is 9.53 Å². The maximum Gasteiger partial charge on any atom is 0.314 e. The molecule has 2 nitrogen and oxygen atoms in total. The first-order valence-corrected chi connectivity index (χ1v) is 12.4. The van der Waals surface area contributed by atoms with Crippen LogP contribution in [0.15, 0.2) is 24.3 Å². The summed E-state index contributed by atoms with van der Waals surface area (Å²) in [6.45, 7) is 4.76. The summed E-state index contributed by atoms with van der Waals surface area (Å²) in [5, 5.41) is 0. The third-order valence-electron chi connectivity index (χ3n) is 8.42. The first-order valence-electron chi connectivity index (χ1n) is 12.4. The van der Waals surface area contributed by atoms with E-state index in [2.05, 4.69) is 26.0 Å². The quantitative estimate of drug-likeness (QED) is 0.368. The Hall–Kier alpha value is -1.31. The third-order valence-corrected chi connectivity index (χ3v) is 8.42. The summed E-state index contributed by atoms with van der Waals surface area (Å²) in [7, 11) is 0. The van der Waals surface area contributed by atoms with Gasteiger partial charge in [0.25, 0.3) is 0 Å². The predicted molar refractivity (Wildman–Crippen MR) is 126 cm³/mol. The molecular formula is C28H44O2. The van der Waals surface area contributed by atoms with Gasteiger partial charge in [-0.25, -0.2) is 0 Å². The normalized spacial score (nSPS) is 34.6. The number of benzene rings is 1. The minimum atomic E-state index is -0.0000393. The zero-order valence-corrected chi connectivity index (χ0v) is 18.6. The van der Waals surface area contributed by atoms with Crippen molar-refractivity contribution in [1.29, 1.82) is 0 Å². The largest absolute Gasteiger partial charge is 0.426 e. The number of hydrogen-bond donors (Lipinski definition) is 0. The van der Waals surface area contributed by atoms with Gasteiger partial charge < -0.3 is 4.74 Å². The van der Waals surface area contributed by atoms with Gasteiger partial charge in [-0.1, -0.05) is 59.1 Å². The van der Waals surface area contributed by atoms with Gasteiger partial charge >= 0.3 is 5.97 Å². The molecule has 0 spiro atoms. The Balaban J connectivity index is 0.00000256. The Kier molecular flexibility index (Phi) is 8.43. The second-order valence-electron chi connectivity index (χ2n) is 10.6. The molecule has 0 N–H and O–H groups in total. The Morgan fingerprint density at radius 3 is 1.70 bits per heavy atom. The highest BCUT2D eigenvalue weighted by molar-refractivity contribution is 5.75. The molecule has 30 heavy (non-hydrogen) atoms. The van der Waals surface area contributed by atoms with E-state index in [1.54, 1.807) is 0 Å². The van der Waals surface area contributed by atoms with Crippen molar-refractivity contribution in [3.63, 3.8) is 0 Å². The smallest absolute Gasteiger partial charge is 0.314 e. The first kappa shape index (κ1) is 23.4. The molecule has 0 bridgehead atoms. The molecule has 0 aromatic heterocycles. The van der Waals surface area contributed by atoms with Crippen LogP contribution in [0.25, 0.3) is 0 Å². The van der Waals surface area contributed by atoms with E-state index in [-0.39, 0.29) is 19.3 Å². The van der Waals surface area contributed by atoms with Crippen molar-refractivity contribution >= 4 is 5.97 Å². The molecule has 0 saturated heterocycles. The third kappa shape index (κ3) is 5.89. The number of carbonyl (C=O) groups excluding carboxylic acids is 1. The molecular weight excluding hydrogens is 368 g/mol. The standard InChI is InChI=1S/C27H40O2.CH4/c1-19-3-7-21(8-4-19)23-11-13-25(14-12-23)27(28)29-26-17-15-24(16-18-26)22-9-5-20(2)6-10-22;/h15-23,25H,3-14H2,1-2H3;1H4. The Morgan fingerprint density at radius 1 is 0.700 bits per heavy atom. The lowest BCUT2D eigenvalue weighted by molar-refractivity contribution is -0.140. The van der Waals surface area contributed by atoms with Crippen LogP contribution in [0, 0.1) is 29.6 Å². The monoisotopic (exact) mass is 412 g/mol. The molecule has 4 rings (SSSR count). The van der Waals surface area contributed by atoms with Crippen LogP contribution in [-0.4, -0.2) is 5.97 Å². The van der Waals surface area contributed by atoms with Crippen LogP contribution in [0.5, 0.6) is 5.75 Å². The van der Waals surface area contributed by atoms with Crippen molar-refractivity contribution in [2.24, 2.45) is 29.6 Å². The van der Waals surface area contributed by atoms with Crippen molar-refractivity contribution in [3.8, 4) is 5.75 Å². The minimum Gasteiger partial charge on any atom is -0.426 e. The van der Waals surface area contributed by atoms with Crippen LogP contribution in [0.4, 0.5) is 0 Å². The molecule has 0 unspecified atom stereocenters. The lowest BCUT2D eigenvalue weighted by Crippen LogP contribution is -2.29. The van der Waals surface area contributed by atoms with E-state index >= 15 is 0 Å². The van der Waals surface area contributed by atoms with Crippen LogP contribution >= 0.6 is 0 Å². The maximum atomic E-state index is 12.7. The fourth-order valence-electron chi connectivity index (χ4n) is 6.18. The average Bonchev–Trinajstić information content (AvgIpc) is 2.76. The molecule has 3 saturated carbocycles.